The van der Waals surface area contributed by atoms with Gasteiger partial charge in [0.2, 0.25) is 0 Å². The largest absolute Gasteiger partial charge is 0.481 e. The van der Waals surface area contributed by atoms with E-state index in [-0.39, 0.29) is 17.8 Å². The molecular formula is C27H24N2O2. The van der Waals surface area contributed by atoms with Crippen LogP contribution in [0, 0.1) is 11.8 Å². The van der Waals surface area contributed by atoms with Gasteiger partial charge in [-0.05, 0) is 22.6 Å². The van der Waals surface area contributed by atoms with Crippen molar-refractivity contribution >= 4 is 5.97 Å². The van der Waals surface area contributed by atoms with E-state index in [2.05, 4.69) is 77.4 Å². The first-order valence-electron chi connectivity index (χ1n) is 10.6. The van der Waals surface area contributed by atoms with Crippen molar-refractivity contribution in [1.82, 2.24) is 9.55 Å². The van der Waals surface area contributed by atoms with Crippen molar-refractivity contribution < 1.29 is 9.90 Å². The average molecular weight is 409 g/mol. The van der Waals surface area contributed by atoms with Gasteiger partial charge in [-0.15, -0.1) is 0 Å². The molecule has 4 nitrogen and oxygen atoms in total. The summed E-state index contributed by atoms with van der Waals surface area (Å²) in [5.74, 6) is -1.05. The Morgan fingerprint density at radius 3 is 1.68 bits per heavy atom. The molecule has 0 saturated heterocycles. The minimum atomic E-state index is -0.743. The van der Waals surface area contributed by atoms with Crippen molar-refractivity contribution in [3.05, 3.63) is 126 Å². The Labute approximate surface area is 181 Å². The zero-order valence-electron chi connectivity index (χ0n) is 17.3. The molecule has 4 aromatic rings. The molecule has 1 aliphatic rings. The molecule has 1 aliphatic carbocycles. The zero-order valence-corrected chi connectivity index (χ0v) is 17.3. The number of hydrogen-bond donors (Lipinski definition) is 1. The zero-order chi connectivity index (χ0) is 21.4. The SMILES string of the molecule is CC1C(C(=O)O)C1c1cn(C(c2ccccc2)(c2ccccc2)c2ccccc2)cn1. The molecule has 1 saturated carbocycles. The number of aliphatic carboxylic acids is 1. The first-order chi connectivity index (χ1) is 15.1. The normalized spacial score (nSPS) is 20.4. The Balaban J connectivity index is 1.75. The van der Waals surface area contributed by atoms with Crippen LogP contribution in [0.15, 0.2) is 104 Å². The number of nitrogens with zero attached hydrogens (tertiary/aromatic N) is 2. The molecule has 4 heteroatoms. The second-order valence-corrected chi connectivity index (χ2v) is 8.26. The Bertz CT molecular complexity index is 1090. The van der Waals surface area contributed by atoms with Crippen LogP contribution < -0.4 is 0 Å². The molecule has 1 heterocycles. The number of carboxylic acid groups (broad SMARTS) is 1. The molecule has 31 heavy (non-hydrogen) atoms. The van der Waals surface area contributed by atoms with E-state index >= 15 is 0 Å². The standard InChI is InChI=1S/C27H24N2O2/c1-19-24(25(19)26(30)31)23-17-29(18-28-23)27(20-11-5-2-6-12-20,21-13-7-3-8-14-21)22-15-9-4-10-16-22/h2-19,24-25H,1H3,(H,30,31). The summed E-state index contributed by atoms with van der Waals surface area (Å²) in [7, 11) is 0. The Morgan fingerprint density at radius 2 is 1.29 bits per heavy atom. The van der Waals surface area contributed by atoms with Crippen LogP contribution in [0.4, 0.5) is 0 Å². The molecule has 0 spiro atoms. The van der Waals surface area contributed by atoms with Crippen LogP contribution in [-0.2, 0) is 10.3 Å². The maximum absolute atomic E-state index is 11.6. The van der Waals surface area contributed by atoms with E-state index in [0.29, 0.717) is 0 Å². The van der Waals surface area contributed by atoms with E-state index < -0.39 is 11.5 Å². The molecule has 0 amide bonds. The fourth-order valence-corrected chi connectivity index (χ4v) is 4.97. The van der Waals surface area contributed by atoms with Gasteiger partial charge in [0.1, 0.15) is 5.54 Å². The maximum Gasteiger partial charge on any atom is 0.307 e. The van der Waals surface area contributed by atoms with Crippen LogP contribution >= 0.6 is 0 Å². The number of benzene rings is 3. The third-order valence-electron chi connectivity index (χ3n) is 6.57. The Kier molecular flexibility index (Phi) is 4.70. The number of aromatic nitrogens is 2. The van der Waals surface area contributed by atoms with E-state index in [1.54, 1.807) is 0 Å². The number of hydrogen-bond acceptors (Lipinski definition) is 2. The van der Waals surface area contributed by atoms with Gasteiger partial charge in [-0.25, -0.2) is 4.98 Å². The average Bonchev–Trinajstić information content (AvgIpc) is 3.25. The Hall–Kier alpha value is -3.66. The molecule has 3 atom stereocenters. The van der Waals surface area contributed by atoms with Crippen LogP contribution in [0.3, 0.4) is 0 Å². The van der Waals surface area contributed by atoms with Crippen molar-refractivity contribution in [1.29, 1.82) is 0 Å². The molecule has 0 radical (unpaired) electrons. The van der Waals surface area contributed by atoms with E-state index in [4.69, 9.17) is 4.98 Å². The van der Waals surface area contributed by atoms with Crippen LogP contribution in [-0.4, -0.2) is 20.6 Å². The molecular weight excluding hydrogens is 384 g/mol. The molecule has 0 aliphatic heterocycles. The first kappa shape index (κ1) is 19.3. The molecule has 0 bridgehead atoms. The number of imidazole rings is 1. The molecule has 3 unspecified atom stereocenters. The van der Waals surface area contributed by atoms with Crippen molar-refractivity contribution in [2.24, 2.45) is 11.8 Å². The summed E-state index contributed by atoms with van der Waals surface area (Å²) in [4.78, 5) is 16.3. The van der Waals surface area contributed by atoms with Gasteiger partial charge in [-0.1, -0.05) is 97.9 Å². The van der Waals surface area contributed by atoms with Gasteiger partial charge in [0.05, 0.1) is 17.9 Å². The molecule has 1 aromatic heterocycles. The minimum Gasteiger partial charge on any atom is -0.481 e. The van der Waals surface area contributed by atoms with Crippen molar-refractivity contribution in [3.63, 3.8) is 0 Å². The molecule has 5 rings (SSSR count). The van der Waals surface area contributed by atoms with Crippen molar-refractivity contribution in [3.8, 4) is 0 Å². The lowest BCUT2D eigenvalue weighted by molar-refractivity contribution is -0.138. The fraction of sp³-hybridized carbons (Fsp3) is 0.185. The summed E-state index contributed by atoms with van der Waals surface area (Å²) in [5, 5.41) is 9.52. The van der Waals surface area contributed by atoms with Gasteiger partial charge in [-0.2, -0.15) is 0 Å². The highest BCUT2D eigenvalue weighted by Gasteiger charge is 2.54. The molecule has 154 valence electrons. The van der Waals surface area contributed by atoms with E-state index in [9.17, 15) is 9.90 Å². The highest BCUT2D eigenvalue weighted by Crippen LogP contribution is 2.53. The van der Waals surface area contributed by atoms with Crippen LogP contribution in [0.25, 0.3) is 0 Å². The van der Waals surface area contributed by atoms with Crippen molar-refractivity contribution in [2.45, 2.75) is 18.4 Å². The van der Waals surface area contributed by atoms with Crippen LogP contribution in [0.2, 0.25) is 0 Å². The van der Waals surface area contributed by atoms with Gasteiger partial charge in [-0.3, -0.25) is 4.79 Å². The first-order valence-corrected chi connectivity index (χ1v) is 10.6. The van der Waals surface area contributed by atoms with Crippen molar-refractivity contribution in [2.75, 3.05) is 0 Å². The van der Waals surface area contributed by atoms with Crippen LogP contribution in [0.1, 0.15) is 35.2 Å². The smallest absolute Gasteiger partial charge is 0.307 e. The quantitative estimate of drug-likeness (QED) is 0.449. The molecule has 1 N–H and O–H groups in total. The summed E-state index contributed by atoms with van der Waals surface area (Å²) in [6.45, 7) is 1.99. The lowest BCUT2D eigenvalue weighted by Crippen LogP contribution is -2.36. The van der Waals surface area contributed by atoms with E-state index in [0.717, 1.165) is 22.4 Å². The van der Waals surface area contributed by atoms with Gasteiger partial charge >= 0.3 is 5.97 Å². The van der Waals surface area contributed by atoms with Gasteiger partial charge in [0.25, 0.3) is 0 Å². The molecule has 1 fully saturated rings. The third kappa shape index (κ3) is 3.07. The monoisotopic (exact) mass is 408 g/mol. The Morgan fingerprint density at radius 1 is 0.839 bits per heavy atom. The van der Waals surface area contributed by atoms with Crippen LogP contribution in [0.5, 0.6) is 0 Å². The van der Waals surface area contributed by atoms with E-state index in [1.165, 1.54) is 0 Å². The predicted octanol–water partition coefficient (Wildman–Crippen LogP) is 5.16. The maximum atomic E-state index is 11.6. The number of rotatable bonds is 6. The predicted molar refractivity (Wildman–Crippen MR) is 120 cm³/mol. The lowest BCUT2D eigenvalue weighted by Gasteiger charge is -2.37. The van der Waals surface area contributed by atoms with Gasteiger partial charge in [0.15, 0.2) is 0 Å². The minimum absolute atomic E-state index is 0.0428. The second-order valence-electron chi connectivity index (χ2n) is 8.26. The lowest BCUT2D eigenvalue weighted by atomic mass is 9.77. The molecule has 3 aromatic carbocycles. The topological polar surface area (TPSA) is 55.1 Å². The van der Waals surface area contributed by atoms with Gasteiger partial charge in [0, 0.05) is 12.1 Å². The summed E-state index contributed by atoms with van der Waals surface area (Å²) in [5.41, 5.74) is 3.58. The van der Waals surface area contributed by atoms with E-state index in [1.807, 2.05) is 37.6 Å². The van der Waals surface area contributed by atoms with Gasteiger partial charge < -0.3 is 9.67 Å². The number of carboxylic acids is 1. The summed E-state index contributed by atoms with van der Waals surface area (Å²) < 4.78 is 2.15. The summed E-state index contributed by atoms with van der Waals surface area (Å²) in [6.07, 6.45) is 3.89. The number of carbonyl (C=O) groups is 1. The summed E-state index contributed by atoms with van der Waals surface area (Å²) in [6, 6.07) is 31.2. The highest BCUT2D eigenvalue weighted by atomic mass is 16.4. The second kappa shape index (κ2) is 7.55. The fourth-order valence-electron chi connectivity index (χ4n) is 4.97. The highest BCUT2D eigenvalue weighted by molar-refractivity contribution is 5.75. The third-order valence-corrected chi connectivity index (χ3v) is 6.57. The summed E-state index contributed by atoms with van der Waals surface area (Å²) >= 11 is 0.